The summed E-state index contributed by atoms with van der Waals surface area (Å²) in [4.78, 5) is 12.4. The number of hydrogen-bond donors (Lipinski definition) is 0. The van der Waals surface area contributed by atoms with Crippen molar-refractivity contribution in [3.05, 3.63) is 0 Å². The highest BCUT2D eigenvalue weighted by Gasteiger charge is 2.39. The Hall–Kier alpha value is 0.0299. The summed E-state index contributed by atoms with van der Waals surface area (Å²) in [6.07, 6.45) is 0.527. The molecule has 0 aliphatic carbocycles. The maximum atomic E-state index is 11.0. The number of amides is 1. The third kappa shape index (κ3) is 0.989. The summed E-state index contributed by atoms with van der Waals surface area (Å²) in [5.74, 6) is 0.0543. The summed E-state index contributed by atoms with van der Waals surface area (Å²) in [7, 11) is 12.4. The number of nitrogens with zero attached hydrogens (tertiary/aromatic N) is 1. The predicted octanol–water partition coefficient (Wildman–Crippen LogP) is -0.482. The molecule has 0 aromatic carbocycles. The van der Waals surface area contributed by atoms with Gasteiger partial charge in [0.05, 0.1) is 15.7 Å². The first-order chi connectivity index (χ1) is 4.46. The molecule has 1 saturated heterocycles. The Morgan fingerprint density at radius 2 is 2.20 bits per heavy atom. The van der Waals surface area contributed by atoms with Crippen molar-refractivity contribution in [3.8, 4) is 0 Å². The Morgan fingerprint density at radius 1 is 1.70 bits per heavy atom. The van der Waals surface area contributed by atoms with Gasteiger partial charge in [-0.2, -0.15) is 0 Å². The molecule has 1 aliphatic rings. The van der Waals surface area contributed by atoms with Crippen molar-refractivity contribution in [2.75, 3.05) is 19.9 Å². The van der Waals surface area contributed by atoms with E-state index in [1.165, 1.54) is 4.90 Å². The van der Waals surface area contributed by atoms with Gasteiger partial charge in [0.2, 0.25) is 5.91 Å². The lowest BCUT2D eigenvalue weighted by atomic mass is 9.76. The highest BCUT2D eigenvalue weighted by atomic mass is 31.1. The molecule has 0 N–H and O–H groups in total. The van der Waals surface area contributed by atoms with Crippen LogP contribution in [0.5, 0.6) is 0 Å². The van der Waals surface area contributed by atoms with Gasteiger partial charge in [0.1, 0.15) is 0 Å². The van der Waals surface area contributed by atoms with E-state index in [4.69, 9.17) is 15.7 Å². The molecule has 10 heavy (non-hydrogen) atoms. The zero-order chi connectivity index (χ0) is 7.94. The minimum Gasteiger partial charge on any atom is -0.353 e. The Balaban J connectivity index is 2.85. The van der Waals surface area contributed by atoms with E-state index in [1.807, 2.05) is 6.66 Å². The first kappa shape index (κ1) is 8.13. The molecule has 0 aromatic heterocycles. The number of hydrogen-bond acceptors (Lipinski definition) is 1. The van der Waals surface area contributed by atoms with Crippen molar-refractivity contribution in [1.29, 1.82) is 0 Å². The highest BCUT2D eigenvalue weighted by molar-refractivity contribution is 7.63. The average Bonchev–Trinajstić information content (AvgIpc) is 1.97. The van der Waals surface area contributed by atoms with E-state index in [-0.39, 0.29) is 5.91 Å². The number of carbonyl (C=O) groups is 1. The fraction of sp³-hybridized carbons (Fsp3) is 0.800. The lowest BCUT2D eigenvalue weighted by Crippen LogP contribution is -2.42. The van der Waals surface area contributed by atoms with Crippen LogP contribution in [0.2, 0.25) is 0 Å². The molecule has 1 rings (SSSR count). The van der Waals surface area contributed by atoms with Gasteiger partial charge in [-0.05, 0) is 11.7 Å². The molecule has 50 valence electrons. The summed E-state index contributed by atoms with van der Waals surface area (Å²) in [5, 5.41) is -0.869. The molecule has 0 bridgehead atoms. The fourth-order valence-corrected chi connectivity index (χ4v) is 2.39. The van der Waals surface area contributed by atoms with Crippen molar-refractivity contribution >= 4 is 29.5 Å². The van der Waals surface area contributed by atoms with Crippen LogP contribution in [0, 0.1) is 0 Å². The third-order valence-corrected chi connectivity index (χ3v) is 4.16. The summed E-state index contributed by atoms with van der Waals surface area (Å²) >= 11 is 0. The van der Waals surface area contributed by atoms with E-state index in [0.29, 0.717) is 6.16 Å². The van der Waals surface area contributed by atoms with Gasteiger partial charge in [0.25, 0.3) is 0 Å². The number of rotatable bonds is 0. The summed E-state index contributed by atoms with van der Waals surface area (Å²) in [5.41, 5.74) is 0. The highest BCUT2D eigenvalue weighted by Crippen LogP contribution is 2.48. The van der Waals surface area contributed by atoms with E-state index in [1.54, 1.807) is 7.05 Å². The van der Waals surface area contributed by atoms with Crippen LogP contribution in [-0.4, -0.2) is 51.5 Å². The standard InChI is InChI=1S/C5H8B2NOP/c1-8-4(9)3-10(2)5(8,6)7/h3H2,1-2H3. The predicted molar refractivity (Wildman–Crippen MR) is 44.7 cm³/mol. The van der Waals surface area contributed by atoms with Crippen LogP contribution in [-0.2, 0) is 4.79 Å². The molecule has 0 aromatic rings. The molecule has 5 heteroatoms. The monoisotopic (exact) mass is 151 g/mol. The van der Waals surface area contributed by atoms with Gasteiger partial charge in [0, 0.05) is 13.2 Å². The number of carbonyl (C=O) groups excluding carboxylic acids is 1. The van der Waals surface area contributed by atoms with Crippen LogP contribution in [0.3, 0.4) is 0 Å². The second-order valence-corrected chi connectivity index (χ2v) is 5.02. The fourth-order valence-electron chi connectivity index (χ4n) is 0.891. The third-order valence-electron chi connectivity index (χ3n) is 1.90. The molecule has 1 aliphatic heterocycles. The lowest BCUT2D eigenvalue weighted by molar-refractivity contribution is -0.126. The first-order valence-corrected chi connectivity index (χ1v) is 4.99. The van der Waals surface area contributed by atoms with Gasteiger partial charge in [0.15, 0.2) is 0 Å². The van der Waals surface area contributed by atoms with Crippen LogP contribution in [0.1, 0.15) is 0 Å². The van der Waals surface area contributed by atoms with Gasteiger partial charge in [-0.1, -0.05) is 7.92 Å². The largest absolute Gasteiger partial charge is 0.353 e. The van der Waals surface area contributed by atoms with Gasteiger partial charge < -0.3 is 4.90 Å². The summed E-state index contributed by atoms with van der Waals surface area (Å²) < 4.78 is 0. The van der Waals surface area contributed by atoms with Crippen LogP contribution >= 0.6 is 7.92 Å². The van der Waals surface area contributed by atoms with E-state index >= 15 is 0 Å². The molecule has 1 unspecified atom stereocenters. The molecule has 0 spiro atoms. The van der Waals surface area contributed by atoms with Crippen molar-refractivity contribution in [1.82, 2.24) is 4.90 Å². The van der Waals surface area contributed by atoms with Crippen LogP contribution in [0.4, 0.5) is 0 Å². The van der Waals surface area contributed by atoms with E-state index in [2.05, 4.69) is 0 Å². The molecule has 2 nitrogen and oxygen atoms in total. The quantitative estimate of drug-likeness (QED) is 0.338. The van der Waals surface area contributed by atoms with Crippen molar-refractivity contribution in [2.24, 2.45) is 0 Å². The van der Waals surface area contributed by atoms with Crippen LogP contribution < -0.4 is 0 Å². The summed E-state index contributed by atoms with van der Waals surface area (Å²) in [6.45, 7) is 1.94. The Bertz CT molecular complexity index is 173. The lowest BCUT2D eigenvalue weighted by Gasteiger charge is -2.32. The minimum absolute atomic E-state index is 0.0543. The maximum absolute atomic E-state index is 11.0. The zero-order valence-electron chi connectivity index (χ0n) is 6.16. The zero-order valence-corrected chi connectivity index (χ0v) is 7.06. The van der Waals surface area contributed by atoms with Crippen molar-refractivity contribution < 1.29 is 4.79 Å². The molecule has 1 fully saturated rings. The minimum atomic E-state index is -0.869. The average molecular weight is 151 g/mol. The van der Waals surface area contributed by atoms with Crippen LogP contribution in [0.25, 0.3) is 0 Å². The van der Waals surface area contributed by atoms with E-state index < -0.39 is 13.0 Å². The molecular weight excluding hydrogens is 143 g/mol. The normalized spacial score (nSPS) is 31.2. The molecule has 1 heterocycles. The van der Waals surface area contributed by atoms with E-state index in [0.717, 1.165) is 0 Å². The van der Waals surface area contributed by atoms with Crippen molar-refractivity contribution in [3.63, 3.8) is 0 Å². The first-order valence-electron chi connectivity index (χ1n) is 3.02. The van der Waals surface area contributed by atoms with E-state index in [9.17, 15) is 4.79 Å². The maximum Gasteiger partial charge on any atom is 0.226 e. The SMILES string of the molecule is [B]C1([B])N(C)C(=O)CP1C. The van der Waals surface area contributed by atoms with Gasteiger partial charge in [-0.15, -0.1) is 0 Å². The van der Waals surface area contributed by atoms with Gasteiger partial charge >= 0.3 is 0 Å². The van der Waals surface area contributed by atoms with Crippen LogP contribution in [0.15, 0.2) is 0 Å². The smallest absolute Gasteiger partial charge is 0.226 e. The molecule has 0 saturated carbocycles. The van der Waals surface area contributed by atoms with Gasteiger partial charge in [-0.3, -0.25) is 4.79 Å². The summed E-state index contributed by atoms with van der Waals surface area (Å²) in [6, 6.07) is 0. The topological polar surface area (TPSA) is 20.3 Å². The molecule has 4 radical (unpaired) electrons. The Morgan fingerprint density at radius 3 is 2.30 bits per heavy atom. The Kier molecular flexibility index (Phi) is 1.84. The second kappa shape index (κ2) is 2.27. The second-order valence-electron chi connectivity index (χ2n) is 2.59. The molecule has 1 amide bonds. The van der Waals surface area contributed by atoms with Gasteiger partial charge in [-0.25, -0.2) is 0 Å². The molecule has 1 atom stereocenters. The molecular formula is C5H8B2NOP. The Labute approximate surface area is 64.9 Å². The van der Waals surface area contributed by atoms with Crippen molar-refractivity contribution in [2.45, 2.75) is 5.08 Å².